The molecule has 1 aromatic heterocycles. The minimum absolute atomic E-state index is 0.0937. The molecule has 1 aromatic rings. The number of Topliss-reactive ketones (excluding diaryl/α,β-unsaturated/α-hetero) is 1. The van der Waals surface area contributed by atoms with Gasteiger partial charge in [0.1, 0.15) is 0 Å². The molecule has 0 spiro atoms. The molecule has 0 bridgehead atoms. The monoisotopic (exact) mass is 281 g/mol. The van der Waals surface area contributed by atoms with E-state index in [0.717, 1.165) is 12.5 Å². The normalized spacial score (nSPS) is 14.7. The SMILES string of the molecule is CN(CCOCC1CC1)CC(=O)c1cc([N+](=O)[O-])c[nH]1. The molecule has 0 unspecified atom stereocenters. The summed E-state index contributed by atoms with van der Waals surface area (Å²) in [5.74, 6) is 0.573. The standard InChI is InChI=1S/C13H19N3O4/c1-15(4-5-20-9-10-2-3-10)8-13(17)12-6-11(7-14-12)16(18)19/h6-7,10,14H,2-5,8-9H2,1H3. The van der Waals surface area contributed by atoms with Gasteiger partial charge in [0.2, 0.25) is 0 Å². The van der Waals surface area contributed by atoms with Crippen LogP contribution < -0.4 is 0 Å². The average Bonchev–Trinajstić information content (AvgIpc) is 3.07. The van der Waals surface area contributed by atoms with Gasteiger partial charge in [0.25, 0.3) is 5.69 Å². The van der Waals surface area contributed by atoms with E-state index in [4.69, 9.17) is 4.74 Å². The van der Waals surface area contributed by atoms with Crippen molar-refractivity contribution in [2.75, 3.05) is 33.4 Å². The maximum atomic E-state index is 11.9. The molecule has 0 aromatic carbocycles. The number of likely N-dealkylation sites (N-methyl/N-ethyl adjacent to an activating group) is 1. The zero-order valence-electron chi connectivity index (χ0n) is 11.5. The second kappa shape index (κ2) is 6.62. The summed E-state index contributed by atoms with van der Waals surface area (Å²) >= 11 is 0. The highest BCUT2D eigenvalue weighted by molar-refractivity contribution is 5.96. The number of nitrogens with one attached hydrogen (secondary N) is 1. The molecule has 1 N–H and O–H groups in total. The summed E-state index contributed by atoms with van der Waals surface area (Å²) < 4.78 is 5.50. The highest BCUT2D eigenvalue weighted by Crippen LogP contribution is 2.28. The van der Waals surface area contributed by atoms with Crippen molar-refractivity contribution >= 4 is 11.5 Å². The fourth-order valence-electron chi connectivity index (χ4n) is 1.81. The van der Waals surface area contributed by atoms with Crippen LogP contribution in [0.1, 0.15) is 23.3 Å². The number of rotatable bonds is 9. The van der Waals surface area contributed by atoms with Crippen LogP contribution in [-0.2, 0) is 4.74 Å². The van der Waals surface area contributed by atoms with Crippen LogP contribution in [0.2, 0.25) is 0 Å². The summed E-state index contributed by atoms with van der Waals surface area (Å²) in [6.07, 6.45) is 3.76. The zero-order valence-corrected chi connectivity index (χ0v) is 11.5. The van der Waals surface area contributed by atoms with Crippen LogP contribution in [0.3, 0.4) is 0 Å². The second-order valence-electron chi connectivity index (χ2n) is 5.21. The molecule has 2 rings (SSSR count). The van der Waals surface area contributed by atoms with E-state index in [-0.39, 0.29) is 23.7 Å². The van der Waals surface area contributed by atoms with Gasteiger partial charge in [-0.1, -0.05) is 0 Å². The average molecular weight is 281 g/mol. The molecule has 1 aliphatic rings. The van der Waals surface area contributed by atoms with Gasteiger partial charge in [0.05, 0.1) is 30.0 Å². The number of hydrogen-bond donors (Lipinski definition) is 1. The number of nitrogens with zero attached hydrogens (tertiary/aromatic N) is 2. The van der Waals surface area contributed by atoms with E-state index in [1.165, 1.54) is 25.1 Å². The van der Waals surface area contributed by atoms with Gasteiger partial charge in [-0.2, -0.15) is 0 Å². The minimum Gasteiger partial charge on any atom is -0.380 e. The fraction of sp³-hybridized carbons (Fsp3) is 0.615. The van der Waals surface area contributed by atoms with Gasteiger partial charge in [-0.05, 0) is 25.8 Å². The lowest BCUT2D eigenvalue weighted by Crippen LogP contribution is -2.29. The lowest BCUT2D eigenvalue weighted by atomic mass is 10.2. The maximum absolute atomic E-state index is 11.9. The smallest absolute Gasteiger partial charge is 0.287 e. The van der Waals surface area contributed by atoms with E-state index in [9.17, 15) is 14.9 Å². The molecular weight excluding hydrogens is 262 g/mol. The summed E-state index contributed by atoms with van der Waals surface area (Å²) in [7, 11) is 1.83. The Bertz CT molecular complexity index is 482. The number of H-pyrrole nitrogens is 1. The van der Waals surface area contributed by atoms with Crippen molar-refractivity contribution in [3.8, 4) is 0 Å². The summed E-state index contributed by atoms with van der Waals surface area (Å²) in [5, 5.41) is 10.5. The van der Waals surface area contributed by atoms with Crippen LogP contribution in [0.4, 0.5) is 5.69 Å². The highest BCUT2D eigenvalue weighted by atomic mass is 16.6. The summed E-state index contributed by atoms with van der Waals surface area (Å²) in [4.78, 5) is 26.4. The largest absolute Gasteiger partial charge is 0.380 e. The number of carbonyl (C=O) groups is 1. The first-order valence-electron chi connectivity index (χ1n) is 6.68. The van der Waals surface area contributed by atoms with Crippen molar-refractivity contribution in [3.05, 3.63) is 28.1 Å². The van der Waals surface area contributed by atoms with Gasteiger partial charge < -0.3 is 9.72 Å². The lowest BCUT2D eigenvalue weighted by molar-refractivity contribution is -0.384. The van der Waals surface area contributed by atoms with E-state index in [2.05, 4.69) is 4.98 Å². The first-order valence-corrected chi connectivity index (χ1v) is 6.68. The molecule has 110 valence electrons. The Morgan fingerprint density at radius 3 is 2.95 bits per heavy atom. The Kier molecular flexibility index (Phi) is 4.86. The molecule has 1 heterocycles. The summed E-state index contributed by atoms with van der Waals surface area (Å²) in [6, 6.07) is 1.26. The van der Waals surface area contributed by atoms with Crippen LogP contribution >= 0.6 is 0 Å². The quantitative estimate of drug-likeness (QED) is 0.320. The Hall–Kier alpha value is -1.73. The van der Waals surface area contributed by atoms with Crippen molar-refractivity contribution in [2.45, 2.75) is 12.8 Å². The number of aromatic nitrogens is 1. The molecule has 0 atom stereocenters. The number of hydrogen-bond acceptors (Lipinski definition) is 5. The molecule has 1 fully saturated rings. The summed E-state index contributed by atoms with van der Waals surface area (Å²) in [6.45, 7) is 2.29. The molecule has 1 aliphatic carbocycles. The maximum Gasteiger partial charge on any atom is 0.287 e. The van der Waals surface area contributed by atoms with E-state index >= 15 is 0 Å². The molecular formula is C13H19N3O4. The first-order chi connectivity index (χ1) is 9.56. The molecule has 0 saturated heterocycles. The van der Waals surface area contributed by atoms with Crippen LogP contribution in [0.5, 0.6) is 0 Å². The predicted molar refractivity (Wildman–Crippen MR) is 72.8 cm³/mol. The van der Waals surface area contributed by atoms with Crippen LogP contribution in [0, 0.1) is 16.0 Å². The molecule has 0 radical (unpaired) electrons. The Balaban J connectivity index is 1.70. The van der Waals surface area contributed by atoms with Gasteiger partial charge in [0.15, 0.2) is 5.78 Å². The predicted octanol–water partition coefficient (Wildman–Crippen LogP) is 1.46. The van der Waals surface area contributed by atoms with Crippen LogP contribution in [0.15, 0.2) is 12.3 Å². The van der Waals surface area contributed by atoms with Gasteiger partial charge in [-0.3, -0.25) is 19.8 Å². The van der Waals surface area contributed by atoms with Gasteiger partial charge >= 0.3 is 0 Å². The van der Waals surface area contributed by atoms with Gasteiger partial charge in [-0.25, -0.2) is 0 Å². The third-order valence-electron chi connectivity index (χ3n) is 3.26. The molecule has 7 heteroatoms. The highest BCUT2D eigenvalue weighted by Gasteiger charge is 2.21. The van der Waals surface area contributed by atoms with E-state index < -0.39 is 4.92 Å². The number of ether oxygens (including phenoxy) is 1. The van der Waals surface area contributed by atoms with Gasteiger partial charge in [-0.15, -0.1) is 0 Å². The van der Waals surface area contributed by atoms with Gasteiger partial charge in [0, 0.05) is 19.2 Å². The minimum atomic E-state index is -0.525. The fourth-order valence-corrected chi connectivity index (χ4v) is 1.81. The number of carbonyl (C=O) groups excluding carboxylic acids is 1. The van der Waals surface area contributed by atoms with Crippen molar-refractivity contribution in [1.82, 2.24) is 9.88 Å². The number of aromatic amines is 1. The molecule has 0 amide bonds. The number of ketones is 1. The van der Waals surface area contributed by atoms with Crippen molar-refractivity contribution in [3.63, 3.8) is 0 Å². The van der Waals surface area contributed by atoms with Crippen molar-refractivity contribution in [1.29, 1.82) is 0 Å². The Morgan fingerprint density at radius 2 is 2.35 bits per heavy atom. The molecule has 20 heavy (non-hydrogen) atoms. The molecule has 7 nitrogen and oxygen atoms in total. The van der Waals surface area contributed by atoms with E-state index in [1.54, 1.807) is 0 Å². The third kappa shape index (κ3) is 4.43. The van der Waals surface area contributed by atoms with Crippen LogP contribution in [0.25, 0.3) is 0 Å². The van der Waals surface area contributed by atoms with Crippen LogP contribution in [-0.4, -0.2) is 53.9 Å². The lowest BCUT2D eigenvalue weighted by Gasteiger charge is -2.15. The Morgan fingerprint density at radius 1 is 1.60 bits per heavy atom. The van der Waals surface area contributed by atoms with E-state index in [1.807, 2.05) is 11.9 Å². The van der Waals surface area contributed by atoms with Crippen molar-refractivity contribution < 1.29 is 14.5 Å². The topological polar surface area (TPSA) is 88.5 Å². The zero-order chi connectivity index (χ0) is 14.5. The molecule has 1 saturated carbocycles. The van der Waals surface area contributed by atoms with E-state index in [0.29, 0.717) is 13.2 Å². The summed E-state index contributed by atoms with van der Waals surface area (Å²) in [5.41, 5.74) is 0.172. The number of nitro groups is 1. The molecule has 0 aliphatic heterocycles. The second-order valence-corrected chi connectivity index (χ2v) is 5.21. The first kappa shape index (κ1) is 14.7. The van der Waals surface area contributed by atoms with Crippen molar-refractivity contribution in [2.24, 2.45) is 5.92 Å². The third-order valence-corrected chi connectivity index (χ3v) is 3.26. The Labute approximate surface area is 117 Å².